The highest BCUT2D eigenvalue weighted by Gasteiger charge is 2.49. The van der Waals surface area contributed by atoms with Crippen LogP contribution in [0.25, 0.3) is 0 Å². The molecule has 2 aromatic carbocycles. The van der Waals surface area contributed by atoms with Gasteiger partial charge in [0.2, 0.25) is 0 Å². The van der Waals surface area contributed by atoms with Crippen LogP contribution in [0.15, 0.2) is 60.7 Å². The third-order valence-corrected chi connectivity index (χ3v) is 2.48. The molecule has 2 aromatic rings. The monoisotopic (exact) mass is 274 g/mol. The summed E-state index contributed by atoms with van der Waals surface area (Å²) < 4.78 is 9.61. The van der Waals surface area contributed by atoms with Crippen LogP contribution in [-0.2, 0) is 16.5 Å². The van der Waals surface area contributed by atoms with E-state index in [1.807, 2.05) is 0 Å². The summed E-state index contributed by atoms with van der Waals surface area (Å²) in [6.07, 6.45) is -3.17. The normalized spacial score (nSPS) is 13.4. The maximum atomic E-state index is 12.0. The summed E-state index contributed by atoms with van der Waals surface area (Å²) in [6, 6.07) is 16.5. The number of hydrogen-bond donors (Lipinski definition) is 0. The average Bonchev–Trinajstić information content (AvgIpc) is 2.47. The zero-order valence-electron chi connectivity index (χ0n) is 10.5. The van der Waals surface area contributed by atoms with Gasteiger partial charge < -0.3 is 4.74 Å². The number of para-hydroxylation sites is 1. The number of benzene rings is 2. The largest absolute Gasteiger partial charge is 0.648 e. The Bertz CT molecular complexity index is 560. The van der Waals surface area contributed by atoms with Gasteiger partial charge in [0, 0.05) is 0 Å². The van der Waals surface area contributed by atoms with Crippen molar-refractivity contribution in [2.75, 3.05) is 0 Å². The van der Waals surface area contributed by atoms with Crippen LogP contribution in [0.1, 0.15) is 5.56 Å². The molecule has 0 aliphatic rings. The van der Waals surface area contributed by atoms with Crippen molar-refractivity contribution in [3.05, 3.63) is 76.3 Å². The van der Waals surface area contributed by atoms with Crippen molar-refractivity contribution in [1.29, 1.82) is 0 Å². The Morgan fingerprint density at radius 3 is 2.10 bits per heavy atom. The van der Waals surface area contributed by atoms with Crippen molar-refractivity contribution in [3.63, 3.8) is 0 Å². The van der Waals surface area contributed by atoms with Crippen molar-refractivity contribution in [3.8, 4) is 5.75 Å². The molecule has 0 amide bonds. The fourth-order valence-electron chi connectivity index (χ4n) is 1.51. The first-order chi connectivity index (χ1) is 9.60. The predicted octanol–water partition coefficient (Wildman–Crippen LogP) is 2.60. The van der Waals surface area contributed by atoms with Crippen molar-refractivity contribution >= 4 is 0 Å². The van der Waals surface area contributed by atoms with E-state index < -0.39 is 11.0 Å². The van der Waals surface area contributed by atoms with Crippen LogP contribution in [-0.4, -0.2) is 11.0 Å². The second-order valence-electron chi connectivity index (χ2n) is 3.97. The Labute approximate surface area is 115 Å². The van der Waals surface area contributed by atoms with Crippen LogP contribution in [0.4, 0.5) is 0 Å². The van der Waals surface area contributed by atoms with Crippen LogP contribution in [0.3, 0.4) is 0 Å². The Kier molecular flexibility index (Phi) is 4.29. The van der Waals surface area contributed by atoms with Gasteiger partial charge in [0.15, 0.2) is 0 Å². The molecule has 0 spiro atoms. The summed E-state index contributed by atoms with van der Waals surface area (Å²) in [6.45, 7) is -0.210. The standard InChI is InChI=1S/C14H12NO5/c16-14(15(17)18,20-13-9-5-2-6-10-13)19-11-12-7-3-1-4-8-12/h1-10H,11H2. The molecule has 0 aliphatic heterocycles. The molecule has 0 fully saturated rings. The first kappa shape index (κ1) is 14.0. The van der Waals surface area contributed by atoms with Crippen molar-refractivity contribution in [1.82, 2.24) is 0 Å². The molecule has 0 bridgehead atoms. The molecule has 6 heteroatoms. The minimum absolute atomic E-state index is 0.0762. The van der Waals surface area contributed by atoms with Gasteiger partial charge in [-0.25, -0.2) is 4.74 Å². The molecule has 103 valence electrons. The molecule has 0 heterocycles. The van der Waals surface area contributed by atoms with Crippen molar-refractivity contribution < 1.29 is 19.5 Å². The molecule has 1 radical (unpaired) electrons. The zero-order valence-corrected chi connectivity index (χ0v) is 10.5. The summed E-state index contributed by atoms with van der Waals surface area (Å²) >= 11 is 0. The molecule has 20 heavy (non-hydrogen) atoms. The van der Waals surface area contributed by atoms with Gasteiger partial charge in [0.25, 0.3) is 0 Å². The lowest BCUT2D eigenvalue weighted by atomic mass is 10.2. The number of hydrogen-bond acceptors (Lipinski definition) is 4. The lowest BCUT2D eigenvalue weighted by molar-refractivity contribution is -0.752. The minimum atomic E-state index is -3.17. The van der Waals surface area contributed by atoms with Crippen LogP contribution in [0.5, 0.6) is 5.75 Å². The smallest absolute Gasteiger partial charge is 0.379 e. The molecular formula is C14H12NO5. The van der Waals surface area contributed by atoms with Crippen LogP contribution in [0.2, 0.25) is 0 Å². The van der Waals surface area contributed by atoms with E-state index in [-0.39, 0.29) is 12.4 Å². The number of ether oxygens (including phenoxy) is 2. The van der Waals surface area contributed by atoms with E-state index in [0.29, 0.717) is 5.56 Å². The Morgan fingerprint density at radius 2 is 1.55 bits per heavy atom. The molecule has 6 nitrogen and oxygen atoms in total. The quantitative estimate of drug-likeness (QED) is 0.460. The third-order valence-electron chi connectivity index (χ3n) is 2.48. The van der Waals surface area contributed by atoms with E-state index in [9.17, 15) is 15.2 Å². The van der Waals surface area contributed by atoms with Crippen LogP contribution in [0, 0.1) is 10.1 Å². The highest BCUT2D eigenvalue weighted by atomic mass is 16.9. The van der Waals surface area contributed by atoms with E-state index in [2.05, 4.69) is 0 Å². The molecule has 0 N–H and O–H groups in total. The topological polar surface area (TPSA) is 81.5 Å². The van der Waals surface area contributed by atoms with Gasteiger partial charge in [-0.05, 0) is 17.7 Å². The Balaban J connectivity index is 2.08. The lowest BCUT2D eigenvalue weighted by Crippen LogP contribution is -2.45. The third kappa shape index (κ3) is 3.53. The van der Waals surface area contributed by atoms with E-state index in [4.69, 9.17) is 9.47 Å². The first-order valence-corrected chi connectivity index (χ1v) is 5.87. The number of nitro groups is 1. The Hall–Kier alpha value is -2.44. The molecule has 0 saturated heterocycles. The average molecular weight is 274 g/mol. The minimum Gasteiger partial charge on any atom is -0.379 e. The maximum Gasteiger partial charge on any atom is 0.648 e. The fourth-order valence-corrected chi connectivity index (χ4v) is 1.51. The molecule has 2 rings (SSSR count). The highest BCUT2D eigenvalue weighted by molar-refractivity contribution is 5.21. The summed E-state index contributed by atoms with van der Waals surface area (Å²) in [4.78, 5) is 9.75. The highest BCUT2D eigenvalue weighted by Crippen LogP contribution is 2.20. The SMILES string of the molecule is [O]C(OCc1ccccc1)(Oc1ccccc1)[N+](=O)[O-]. The lowest BCUT2D eigenvalue weighted by Gasteiger charge is -2.17. The maximum absolute atomic E-state index is 12.0. The fraction of sp³-hybridized carbons (Fsp3) is 0.143. The van der Waals surface area contributed by atoms with E-state index in [0.717, 1.165) is 0 Å². The van der Waals surface area contributed by atoms with Gasteiger partial charge in [-0.1, -0.05) is 53.6 Å². The van der Waals surface area contributed by atoms with E-state index in [1.165, 1.54) is 12.1 Å². The van der Waals surface area contributed by atoms with Crippen molar-refractivity contribution in [2.45, 2.75) is 12.7 Å². The summed E-state index contributed by atoms with van der Waals surface area (Å²) in [5, 5.41) is 22.9. The van der Waals surface area contributed by atoms with Crippen LogP contribution < -0.4 is 4.74 Å². The summed E-state index contributed by atoms with van der Waals surface area (Å²) in [7, 11) is 0. The molecule has 1 unspecified atom stereocenters. The molecule has 1 atom stereocenters. The summed E-state index contributed by atoms with van der Waals surface area (Å²) in [5.74, 6) is 0.0762. The molecule has 0 saturated carbocycles. The molecule has 0 aromatic heterocycles. The Morgan fingerprint density at radius 1 is 1.00 bits per heavy atom. The number of rotatable bonds is 6. The van der Waals surface area contributed by atoms with Crippen molar-refractivity contribution in [2.24, 2.45) is 0 Å². The van der Waals surface area contributed by atoms with Gasteiger partial charge in [0.05, 0.1) is 6.61 Å². The molecule has 0 aliphatic carbocycles. The van der Waals surface area contributed by atoms with Crippen LogP contribution >= 0.6 is 0 Å². The number of nitrogens with zero attached hydrogens (tertiary/aromatic N) is 1. The van der Waals surface area contributed by atoms with Gasteiger partial charge in [0.1, 0.15) is 10.7 Å². The summed E-state index contributed by atoms with van der Waals surface area (Å²) in [5.41, 5.74) is 0.645. The van der Waals surface area contributed by atoms with Gasteiger partial charge >= 0.3 is 6.10 Å². The molecular weight excluding hydrogens is 262 g/mol. The van der Waals surface area contributed by atoms with Gasteiger partial charge in [-0.15, -0.1) is 0 Å². The van der Waals surface area contributed by atoms with E-state index in [1.54, 1.807) is 48.5 Å². The predicted molar refractivity (Wildman–Crippen MR) is 68.7 cm³/mol. The first-order valence-electron chi connectivity index (χ1n) is 5.87. The zero-order chi connectivity index (χ0) is 14.4. The van der Waals surface area contributed by atoms with Gasteiger partial charge in [-0.3, -0.25) is 10.1 Å². The van der Waals surface area contributed by atoms with Gasteiger partial charge in [-0.2, -0.15) is 0 Å². The second-order valence-corrected chi connectivity index (χ2v) is 3.97. The van der Waals surface area contributed by atoms with E-state index >= 15 is 0 Å². The second kappa shape index (κ2) is 6.14.